The average molecular weight is 1250 g/mol. The predicted octanol–water partition coefficient (Wildman–Crippen LogP) is 3.51. The molecule has 4 aromatic carbocycles. The van der Waals surface area contributed by atoms with Gasteiger partial charge < -0.3 is 78.8 Å². The molecular formula is C65H72N2O23. The number of benzene rings is 4. The quantitative estimate of drug-likeness (QED) is 0.0338. The third-order valence-electron chi connectivity index (χ3n) is 17.9. The number of nitrogens with two attached hydrogens (primary N) is 1. The number of fused-ring (bicyclic) bond motifs is 5. The Balaban J connectivity index is 1.17. The van der Waals surface area contributed by atoms with E-state index >= 15 is 9.59 Å². The molecule has 480 valence electrons. The number of ketones is 1. The molecule has 2 saturated heterocycles. The Hall–Kier alpha value is -8.43. The van der Waals surface area contributed by atoms with Gasteiger partial charge in [-0.15, -0.1) is 0 Å². The molecule has 16 atom stereocenters. The van der Waals surface area contributed by atoms with Gasteiger partial charge in [-0.05, 0) is 73.0 Å². The van der Waals surface area contributed by atoms with Crippen molar-refractivity contribution in [2.45, 2.75) is 152 Å². The lowest BCUT2D eigenvalue weighted by atomic mass is 9.44. The monoisotopic (exact) mass is 1250 g/mol. The molecule has 3 aliphatic carbocycles. The lowest BCUT2D eigenvalue weighted by Crippen LogP contribution is -2.82. The number of carbonyl (C=O) groups is 9. The predicted molar refractivity (Wildman–Crippen MR) is 309 cm³/mol. The van der Waals surface area contributed by atoms with Gasteiger partial charge in [-0.1, -0.05) is 86.6 Å². The summed E-state index contributed by atoms with van der Waals surface area (Å²) in [5, 5.41) is 48.2. The number of aliphatic hydroxyl groups excluding tert-OH is 3. The van der Waals surface area contributed by atoms with Crippen molar-refractivity contribution < 1.29 is 111 Å². The van der Waals surface area contributed by atoms with Crippen LogP contribution >= 0.6 is 0 Å². The van der Waals surface area contributed by atoms with E-state index in [0.717, 1.165) is 21.0 Å². The van der Waals surface area contributed by atoms with Crippen molar-refractivity contribution in [3.63, 3.8) is 0 Å². The van der Waals surface area contributed by atoms with Gasteiger partial charge in [-0.3, -0.25) is 28.8 Å². The number of Topliss-reactive ketones (excluding diaryl/α,β-unsaturated/α-hetero) is 1. The number of hydrogen-bond acceptors (Lipinski definition) is 24. The number of nitrogens with one attached hydrogen (secondary N) is 1. The van der Waals surface area contributed by atoms with E-state index in [4.69, 9.17) is 53.1 Å². The summed E-state index contributed by atoms with van der Waals surface area (Å²) in [6.07, 6.45) is -21.6. The number of methoxy groups -OCH3 is 1. The van der Waals surface area contributed by atoms with Crippen molar-refractivity contribution >= 4 is 59.2 Å². The second kappa shape index (κ2) is 26.6. The largest absolute Gasteiger partial charge is 0.458 e. The Labute approximate surface area is 517 Å². The maximum atomic E-state index is 16.5. The van der Waals surface area contributed by atoms with Gasteiger partial charge in [0.25, 0.3) is 5.91 Å². The maximum Gasteiger partial charge on any atom is 0.350 e. The fourth-order valence-corrected chi connectivity index (χ4v) is 13.3. The van der Waals surface area contributed by atoms with Gasteiger partial charge in [0.15, 0.2) is 29.9 Å². The van der Waals surface area contributed by atoms with Crippen LogP contribution in [0.1, 0.15) is 110 Å². The highest BCUT2D eigenvalue weighted by Crippen LogP contribution is 2.65. The zero-order valence-corrected chi connectivity index (χ0v) is 50.3. The SMILES string of the molecule is CO[C@H]1O[C@H](CO)[C@@H](O)[C@H](O)[C@H]1OC(=O)CCC(=O)O[C@@H](C(=O)O[C@H]1C[C@@]2(O)[C@@H](OC(=O)c3ccccc3)[C@@H]3[C@]4(OC(C)=O)CO[C@@H]4C[C@H](OC(=O)c4cccc(N)c4)[C@@]3(C)C(=O)[C@H](OC(C)=O)C(=C1C)C2(C)C)[C@@H](NC(=O)c1ccccc1)c1ccccc1. The van der Waals surface area contributed by atoms with Crippen molar-refractivity contribution in [3.05, 3.63) is 149 Å². The third kappa shape index (κ3) is 12.6. The minimum atomic E-state index is -2.66. The highest BCUT2D eigenvalue weighted by atomic mass is 16.7. The molecule has 1 amide bonds. The second-order valence-electron chi connectivity index (χ2n) is 23.7. The number of aliphatic hydroxyl groups is 4. The third-order valence-corrected chi connectivity index (χ3v) is 17.9. The van der Waals surface area contributed by atoms with E-state index in [-0.39, 0.29) is 45.5 Å². The molecule has 90 heavy (non-hydrogen) atoms. The number of hydrogen-bond donors (Lipinski definition) is 6. The van der Waals surface area contributed by atoms with Crippen LogP contribution < -0.4 is 11.1 Å². The van der Waals surface area contributed by atoms with E-state index in [2.05, 4.69) is 5.32 Å². The van der Waals surface area contributed by atoms with Crippen LogP contribution in [0.4, 0.5) is 5.69 Å². The molecule has 2 heterocycles. The number of anilines is 1. The number of ether oxygens (including phenoxy) is 10. The van der Waals surface area contributed by atoms with Crippen LogP contribution in [0.25, 0.3) is 0 Å². The van der Waals surface area contributed by atoms with Crippen LogP contribution in [0, 0.1) is 16.7 Å². The molecule has 0 unspecified atom stereocenters. The lowest BCUT2D eigenvalue weighted by Gasteiger charge is -2.67. The Bertz CT molecular complexity index is 3410. The highest BCUT2D eigenvalue weighted by Gasteiger charge is 2.79. The molecule has 25 nitrogen and oxygen atoms in total. The summed E-state index contributed by atoms with van der Waals surface area (Å²) < 4.78 is 59.9. The summed E-state index contributed by atoms with van der Waals surface area (Å²) >= 11 is 0. The fourth-order valence-electron chi connectivity index (χ4n) is 13.3. The van der Waals surface area contributed by atoms with Gasteiger partial charge in [0.1, 0.15) is 54.4 Å². The minimum Gasteiger partial charge on any atom is -0.458 e. The molecule has 2 bridgehead atoms. The van der Waals surface area contributed by atoms with Crippen molar-refractivity contribution in [3.8, 4) is 0 Å². The summed E-state index contributed by atoms with van der Waals surface area (Å²) in [4.78, 5) is 131. The minimum absolute atomic E-state index is 0.00689. The first-order valence-electron chi connectivity index (χ1n) is 29.1. The van der Waals surface area contributed by atoms with Crippen LogP contribution in [0.15, 0.2) is 126 Å². The Morgan fingerprint density at radius 1 is 0.744 bits per heavy atom. The number of carbonyl (C=O) groups excluding carboxylic acids is 9. The van der Waals surface area contributed by atoms with Crippen molar-refractivity contribution in [1.82, 2.24) is 5.32 Å². The Morgan fingerprint density at radius 3 is 1.94 bits per heavy atom. The molecular weight excluding hydrogens is 1180 g/mol. The van der Waals surface area contributed by atoms with Gasteiger partial charge in [0.2, 0.25) is 6.10 Å². The molecule has 0 aromatic heterocycles. The van der Waals surface area contributed by atoms with Crippen molar-refractivity contribution in [2.75, 3.05) is 26.1 Å². The molecule has 5 aliphatic rings. The highest BCUT2D eigenvalue weighted by molar-refractivity contribution is 5.97. The first-order valence-corrected chi connectivity index (χ1v) is 29.1. The number of esters is 7. The van der Waals surface area contributed by atoms with Crippen LogP contribution in [-0.4, -0.2) is 173 Å². The maximum absolute atomic E-state index is 16.5. The molecule has 4 aromatic rings. The van der Waals surface area contributed by atoms with Gasteiger partial charge >= 0.3 is 41.8 Å². The first kappa shape index (κ1) is 66.0. The lowest BCUT2D eigenvalue weighted by molar-refractivity contribution is -0.345. The molecule has 0 spiro atoms. The summed E-state index contributed by atoms with van der Waals surface area (Å²) in [7, 11) is 1.16. The van der Waals surface area contributed by atoms with Crippen LogP contribution in [0.5, 0.6) is 0 Å². The number of rotatable bonds is 19. The van der Waals surface area contributed by atoms with E-state index in [0.29, 0.717) is 0 Å². The van der Waals surface area contributed by atoms with Gasteiger partial charge in [-0.2, -0.15) is 0 Å². The second-order valence-corrected chi connectivity index (χ2v) is 23.7. The summed E-state index contributed by atoms with van der Waals surface area (Å²) in [5.41, 5.74) is -2.52. The molecule has 9 rings (SSSR count). The van der Waals surface area contributed by atoms with Crippen molar-refractivity contribution in [1.29, 1.82) is 0 Å². The Morgan fingerprint density at radius 2 is 1.36 bits per heavy atom. The molecule has 7 N–H and O–H groups in total. The molecule has 4 fully saturated rings. The van der Waals surface area contributed by atoms with E-state index in [1.54, 1.807) is 54.6 Å². The smallest absolute Gasteiger partial charge is 0.350 e. The topological polar surface area (TPSA) is 365 Å². The summed E-state index contributed by atoms with van der Waals surface area (Å²) in [6, 6.07) is 27.3. The van der Waals surface area contributed by atoms with Crippen molar-refractivity contribution in [2.24, 2.45) is 16.7 Å². The van der Waals surface area contributed by atoms with E-state index in [1.807, 2.05) is 0 Å². The standard InChI is InChI=1S/C65H72N2O23/c1-33-41(84-60(79)52(48(36-18-11-8-12-19-36)67-57(76)37-20-13-9-14-21-37)87-45(71)26-27-46(72)88-53-50(74)49(73)42(31-68)85-61(53)81-7)30-65(80)56(89-58(77)38-22-15-10-16-23-38)54-63(6,55(75)51(83-34(2)69)47(33)62(65,4)5)43(29-44-64(54,32-82-44)90-35(3)70)86-59(78)39-24-17-25-40(66)28-39/h8-25,28,41-44,48-54,56,61,68,73-74,80H,26-27,29-32,66H2,1-7H3,(H,67,76)/t41-,42+,43-,44+,48-,49+,50-,51+,52+,53+,54-,56-,61-,63+,64-,65+/m0/s1. The number of nitrogen functional groups attached to an aromatic ring is 1. The van der Waals surface area contributed by atoms with Gasteiger partial charge in [0.05, 0.1) is 48.5 Å². The van der Waals surface area contributed by atoms with Crippen LogP contribution in [0.2, 0.25) is 0 Å². The van der Waals surface area contributed by atoms with Crippen LogP contribution in [-0.2, 0) is 76.1 Å². The fraction of sp³-hybridized carbons (Fsp3) is 0.462. The molecule has 2 aliphatic heterocycles. The van der Waals surface area contributed by atoms with E-state index in [1.165, 1.54) is 88.4 Å². The zero-order valence-electron chi connectivity index (χ0n) is 50.3. The average Bonchev–Trinajstić information content (AvgIpc) is 0.670. The van der Waals surface area contributed by atoms with E-state index in [9.17, 15) is 54.0 Å². The molecule has 2 saturated carbocycles. The van der Waals surface area contributed by atoms with E-state index < -0.39 is 187 Å². The summed E-state index contributed by atoms with van der Waals surface area (Å²) in [6.45, 7) is 6.71. The summed E-state index contributed by atoms with van der Waals surface area (Å²) in [5.74, 6) is -11.3. The Kier molecular flexibility index (Phi) is 19.5. The van der Waals surface area contributed by atoms with Crippen LogP contribution in [0.3, 0.4) is 0 Å². The van der Waals surface area contributed by atoms with Gasteiger partial charge in [0, 0.05) is 50.5 Å². The zero-order chi connectivity index (χ0) is 65.2. The molecule has 0 radical (unpaired) electrons. The number of amides is 1. The van der Waals surface area contributed by atoms with Gasteiger partial charge in [-0.25, -0.2) is 14.4 Å². The first-order chi connectivity index (χ1) is 42.7. The normalized spacial score (nSPS) is 30.5. The molecule has 25 heteroatoms.